The lowest BCUT2D eigenvalue weighted by molar-refractivity contribution is -0.129. The molecule has 0 fully saturated rings. The lowest BCUT2D eigenvalue weighted by Crippen LogP contribution is -2.12. The highest BCUT2D eigenvalue weighted by molar-refractivity contribution is 7.85. The maximum atomic E-state index is 12.3. The van der Waals surface area contributed by atoms with Gasteiger partial charge in [-0.1, -0.05) is 12.1 Å². The molecule has 144 valence electrons. The van der Waals surface area contributed by atoms with Gasteiger partial charge >= 0.3 is 6.18 Å². The average molecular weight is 406 g/mol. The number of halogens is 3. The molecule has 0 aliphatic rings. The standard InChI is InChI=1S/C17H13F3N6OS/c18-17(19,20)4-5-28(27)14-7-12-8-24-26(16(12)21-9-14)13-3-1-2-11(6-13)15-22-10-23-25-15/h1-3,6-10H,4-5H2,(H,22,23,25)/t28-/m0/s1. The third kappa shape index (κ3) is 3.79. The Bertz CT molecular complexity index is 1140. The highest BCUT2D eigenvalue weighted by atomic mass is 32.2. The molecule has 0 saturated heterocycles. The van der Waals surface area contributed by atoms with E-state index in [2.05, 4.69) is 25.3 Å². The molecule has 1 atom stereocenters. The fourth-order valence-corrected chi connectivity index (χ4v) is 3.75. The molecular weight excluding hydrogens is 393 g/mol. The molecule has 0 unspecified atom stereocenters. The van der Waals surface area contributed by atoms with Crippen molar-refractivity contribution < 1.29 is 17.4 Å². The first kappa shape index (κ1) is 18.3. The molecule has 11 heteroatoms. The lowest BCUT2D eigenvalue weighted by Gasteiger charge is -2.07. The second-order valence-corrected chi connectivity index (χ2v) is 7.51. The quantitative estimate of drug-likeness (QED) is 0.550. The summed E-state index contributed by atoms with van der Waals surface area (Å²) in [5.41, 5.74) is 2.04. The van der Waals surface area contributed by atoms with E-state index in [4.69, 9.17) is 0 Å². The van der Waals surface area contributed by atoms with Gasteiger partial charge in [0, 0.05) is 22.9 Å². The number of aromatic amines is 1. The first-order chi connectivity index (χ1) is 13.4. The highest BCUT2D eigenvalue weighted by Crippen LogP contribution is 2.24. The number of benzene rings is 1. The monoisotopic (exact) mass is 406 g/mol. The molecule has 0 aliphatic heterocycles. The maximum absolute atomic E-state index is 12.3. The average Bonchev–Trinajstić information content (AvgIpc) is 3.35. The molecule has 28 heavy (non-hydrogen) atoms. The molecule has 0 amide bonds. The van der Waals surface area contributed by atoms with Crippen LogP contribution in [-0.2, 0) is 10.8 Å². The number of hydrogen-bond acceptors (Lipinski definition) is 5. The second-order valence-electron chi connectivity index (χ2n) is 5.94. The van der Waals surface area contributed by atoms with Gasteiger partial charge in [-0.05, 0) is 18.2 Å². The van der Waals surface area contributed by atoms with Crippen LogP contribution in [0.4, 0.5) is 13.2 Å². The van der Waals surface area contributed by atoms with Gasteiger partial charge in [-0.3, -0.25) is 9.31 Å². The predicted octanol–water partition coefficient (Wildman–Crippen LogP) is 3.27. The fourth-order valence-electron chi connectivity index (χ4n) is 2.67. The van der Waals surface area contributed by atoms with E-state index >= 15 is 0 Å². The summed E-state index contributed by atoms with van der Waals surface area (Å²) in [5.74, 6) is 0.109. The molecule has 0 aliphatic carbocycles. The molecule has 0 saturated carbocycles. The third-order valence-corrected chi connectivity index (χ3v) is 5.32. The Labute approximate surface area is 159 Å². The summed E-state index contributed by atoms with van der Waals surface area (Å²) in [6, 6.07) is 8.94. The minimum Gasteiger partial charge on any atom is -0.259 e. The molecule has 3 heterocycles. The van der Waals surface area contributed by atoms with E-state index in [1.807, 2.05) is 24.3 Å². The van der Waals surface area contributed by atoms with Crippen molar-refractivity contribution in [1.82, 2.24) is 29.9 Å². The molecule has 0 radical (unpaired) electrons. The summed E-state index contributed by atoms with van der Waals surface area (Å²) in [5, 5.41) is 11.5. The molecule has 7 nitrogen and oxygen atoms in total. The van der Waals surface area contributed by atoms with Crippen molar-refractivity contribution >= 4 is 21.8 Å². The number of hydrogen-bond donors (Lipinski definition) is 1. The molecule has 0 spiro atoms. The van der Waals surface area contributed by atoms with Crippen LogP contribution in [0.15, 0.2) is 53.9 Å². The predicted molar refractivity (Wildman–Crippen MR) is 96.2 cm³/mol. The van der Waals surface area contributed by atoms with Gasteiger partial charge in [0.1, 0.15) is 6.33 Å². The topological polar surface area (TPSA) is 89.3 Å². The van der Waals surface area contributed by atoms with Gasteiger partial charge < -0.3 is 0 Å². The van der Waals surface area contributed by atoms with Crippen LogP contribution in [0.3, 0.4) is 0 Å². The van der Waals surface area contributed by atoms with Gasteiger partial charge in [0.15, 0.2) is 11.5 Å². The van der Waals surface area contributed by atoms with Crippen molar-refractivity contribution in [2.75, 3.05) is 5.75 Å². The zero-order valence-electron chi connectivity index (χ0n) is 14.2. The number of nitrogens with zero attached hydrogens (tertiary/aromatic N) is 5. The van der Waals surface area contributed by atoms with Crippen molar-refractivity contribution in [2.24, 2.45) is 0 Å². The van der Waals surface area contributed by atoms with Crippen molar-refractivity contribution in [1.29, 1.82) is 0 Å². The summed E-state index contributed by atoms with van der Waals surface area (Å²) in [7, 11) is -1.78. The molecular formula is C17H13F3N6OS. The fraction of sp³-hybridized carbons (Fsp3) is 0.176. The Kier molecular flexibility index (Phi) is 4.67. The van der Waals surface area contributed by atoms with Gasteiger partial charge in [0.25, 0.3) is 0 Å². The zero-order chi connectivity index (χ0) is 19.7. The minimum atomic E-state index is -4.34. The first-order valence-electron chi connectivity index (χ1n) is 8.16. The van der Waals surface area contributed by atoms with Crippen LogP contribution in [0.1, 0.15) is 6.42 Å². The summed E-state index contributed by atoms with van der Waals surface area (Å²) in [6.07, 6.45) is -1.17. The molecule has 1 aromatic carbocycles. The van der Waals surface area contributed by atoms with Gasteiger partial charge in [0.05, 0.1) is 34.0 Å². The maximum Gasteiger partial charge on any atom is 0.390 e. The number of pyridine rings is 1. The highest BCUT2D eigenvalue weighted by Gasteiger charge is 2.28. The number of nitrogens with one attached hydrogen (secondary N) is 1. The van der Waals surface area contributed by atoms with E-state index in [1.54, 1.807) is 10.7 Å². The Balaban J connectivity index is 1.64. The summed E-state index contributed by atoms with van der Waals surface area (Å²) < 4.78 is 50.7. The Morgan fingerprint density at radius 2 is 2.00 bits per heavy atom. The number of aromatic nitrogens is 6. The Morgan fingerprint density at radius 1 is 1.14 bits per heavy atom. The lowest BCUT2D eigenvalue weighted by atomic mass is 10.2. The Morgan fingerprint density at radius 3 is 2.75 bits per heavy atom. The van der Waals surface area contributed by atoms with Crippen LogP contribution in [0.2, 0.25) is 0 Å². The van der Waals surface area contributed by atoms with E-state index in [1.165, 1.54) is 18.7 Å². The number of alkyl halides is 3. The van der Waals surface area contributed by atoms with Crippen LogP contribution in [0, 0.1) is 0 Å². The number of fused-ring (bicyclic) bond motifs is 1. The van der Waals surface area contributed by atoms with E-state index in [0.29, 0.717) is 16.9 Å². The second kappa shape index (κ2) is 7.15. The molecule has 1 N–H and O–H groups in total. The summed E-state index contributed by atoms with van der Waals surface area (Å²) in [4.78, 5) is 8.62. The molecule has 4 rings (SSSR count). The first-order valence-corrected chi connectivity index (χ1v) is 9.48. The van der Waals surface area contributed by atoms with Crippen LogP contribution in [0.25, 0.3) is 28.1 Å². The Hall–Kier alpha value is -3.08. The molecule has 0 bridgehead atoms. The summed E-state index contributed by atoms with van der Waals surface area (Å²) >= 11 is 0. The van der Waals surface area contributed by atoms with Crippen LogP contribution in [0.5, 0.6) is 0 Å². The smallest absolute Gasteiger partial charge is 0.259 e. The number of rotatable bonds is 5. The summed E-state index contributed by atoms with van der Waals surface area (Å²) in [6.45, 7) is 0. The van der Waals surface area contributed by atoms with Gasteiger partial charge in [0.2, 0.25) is 0 Å². The van der Waals surface area contributed by atoms with E-state index in [9.17, 15) is 17.4 Å². The zero-order valence-corrected chi connectivity index (χ0v) is 15.0. The molecule has 4 aromatic rings. The van der Waals surface area contributed by atoms with Crippen molar-refractivity contribution in [3.63, 3.8) is 0 Å². The van der Waals surface area contributed by atoms with E-state index in [0.717, 1.165) is 11.3 Å². The van der Waals surface area contributed by atoms with E-state index in [-0.39, 0.29) is 4.90 Å². The van der Waals surface area contributed by atoms with Crippen LogP contribution >= 0.6 is 0 Å². The van der Waals surface area contributed by atoms with Crippen molar-refractivity contribution in [3.05, 3.63) is 49.1 Å². The largest absolute Gasteiger partial charge is 0.390 e. The SMILES string of the molecule is O=[S@@](CCC(F)(F)F)c1cnc2c(cnn2-c2cccc(-c3ncn[nH]3)c2)c1. The van der Waals surface area contributed by atoms with Gasteiger partial charge in [-0.2, -0.15) is 23.4 Å². The third-order valence-electron chi connectivity index (χ3n) is 4.00. The van der Waals surface area contributed by atoms with Gasteiger partial charge in [-0.15, -0.1) is 0 Å². The van der Waals surface area contributed by atoms with Crippen molar-refractivity contribution in [2.45, 2.75) is 17.5 Å². The number of H-pyrrole nitrogens is 1. The van der Waals surface area contributed by atoms with Gasteiger partial charge in [-0.25, -0.2) is 14.6 Å². The normalized spacial score (nSPS) is 13.1. The molecule has 3 aromatic heterocycles. The van der Waals surface area contributed by atoms with Crippen LogP contribution < -0.4 is 0 Å². The van der Waals surface area contributed by atoms with Crippen molar-refractivity contribution in [3.8, 4) is 17.1 Å². The van der Waals surface area contributed by atoms with E-state index < -0.39 is 29.1 Å². The van der Waals surface area contributed by atoms with Crippen LogP contribution in [-0.4, -0.2) is 46.1 Å². The minimum absolute atomic E-state index is 0.242.